The topological polar surface area (TPSA) is 35.6 Å². The molecule has 2 unspecified atom stereocenters. The number of likely N-dealkylation sites (tertiary alicyclic amines) is 2. The van der Waals surface area contributed by atoms with Gasteiger partial charge in [0, 0.05) is 25.2 Å². The first-order chi connectivity index (χ1) is 9.26. The fourth-order valence-electron chi connectivity index (χ4n) is 3.59. The Morgan fingerprint density at radius 2 is 1.95 bits per heavy atom. The minimum absolute atomic E-state index is 0.356. The van der Waals surface area contributed by atoms with E-state index in [0.717, 1.165) is 26.1 Å². The van der Waals surface area contributed by atoms with E-state index in [1.54, 1.807) is 0 Å². The van der Waals surface area contributed by atoms with Crippen LogP contribution in [0.3, 0.4) is 0 Å². The van der Waals surface area contributed by atoms with Gasteiger partial charge in [0.1, 0.15) is 0 Å². The molecule has 4 nitrogen and oxygen atoms in total. The molecule has 0 saturated carbocycles. The van der Waals surface area contributed by atoms with E-state index in [4.69, 9.17) is 0 Å². The number of amides is 1. The van der Waals surface area contributed by atoms with E-state index < -0.39 is 0 Å². The van der Waals surface area contributed by atoms with Gasteiger partial charge < -0.3 is 10.2 Å². The van der Waals surface area contributed by atoms with Gasteiger partial charge in [0.25, 0.3) is 0 Å². The smallest absolute Gasteiger partial charge is 0.237 e. The molecule has 2 aliphatic rings. The highest BCUT2D eigenvalue weighted by atomic mass is 16.2. The van der Waals surface area contributed by atoms with Crippen LogP contribution in [0.15, 0.2) is 0 Å². The quantitative estimate of drug-likeness (QED) is 0.819. The van der Waals surface area contributed by atoms with Crippen molar-refractivity contribution in [1.82, 2.24) is 15.1 Å². The fourth-order valence-corrected chi connectivity index (χ4v) is 3.59. The standard InChI is InChI=1S/C15H29N3O/c1-3-13-7-4-5-10-18(13)15(19)12-17-9-6-8-14(17)11-16-2/h13-14,16H,3-12H2,1-2H3. The number of carbonyl (C=O) groups is 1. The molecular weight excluding hydrogens is 238 g/mol. The zero-order chi connectivity index (χ0) is 13.7. The Hall–Kier alpha value is -0.610. The second-order valence-electron chi connectivity index (χ2n) is 5.97. The summed E-state index contributed by atoms with van der Waals surface area (Å²) in [5, 5.41) is 3.25. The summed E-state index contributed by atoms with van der Waals surface area (Å²) >= 11 is 0. The van der Waals surface area contributed by atoms with E-state index >= 15 is 0 Å². The molecule has 19 heavy (non-hydrogen) atoms. The maximum absolute atomic E-state index is 12.5. The van der Waals surface area contributed by atoms with E-state index in [-0.39, 0.29) is 0 Å². The number of rotatable bonds is 5. The van der Waals surface area contributed by atoms with Gasteiger partial charge in [-0.05, 0) is 52.1 Å². The van der Waals surface area contributed by atoms with E-state index in [1.165, 1.54) is 32.1 Å². The number of hydrogen-bond acceptors (Lipinski definition) is 3. The van der Waals surface area contributed by atoms with Gasteiger partial charge in [0.2, 0.25) is 5.91 Å². The number of likely N-dealkylation sites (N-methyl/N-ethyl adjacent to an activating group) is 1. The van der Waals surface area contributed by atoms with Crippen molar-refractivity contribution in [2.45, 2.75) is 57.5 Å². The Morgan fingerprint density at radius 1 is 1.16 bits per heavy atom. The molecule has 1 amide bonds. The third-order valence-electron chi connectivity index (χ3n) is 4.70. The van der Waals surface area contributed by atoms with Crippen molar-refractivity contribution in [3.8, 4) is 0 Å². The van der Waals surface area contributed by atoms with Crippen LogP contribution in [-0.2, 0) is 4.79 Å². The van der Waals surface area contributed by atoms with Crippen LogP contribution in [0.25, 0.3) is 0 Å². The average molecular weight is 267 g/mol. The summed E-state index contributed by atoms with van der Waals surface area (Å²) in [6.45, 7) is 5.90. The van der Waals surface area contributed by atoms with Crippen molar-refractivity contribution in [3.63, 3.8) is 0 Å². The first-order valence-electron chi connectivity index (χ1n) is 7.94. The zero-order valence-corrected chi connectivity index (χ0v) is 12.5. The van der Waals surface area contributed by atoms with Crippen LogP contribution in [-0.4, -0.2) is 61.0 Å². The highest BCUT2D eigenvalue weighted by Gasteiger charge is 2.30. The lowest BCUT2D eigenvalue weighted by Crippen LogP contribution is -2.49. The van der Waals surface area contributed by atoms with Crippen LogP contribution in [0.4, 0.5) is 0 Å². The van der Waals surface area contributed by atoms with Gasteiger partial charge in [0.15, 0.2) is 0 Å². The van der Waals surface area contributed by atoms with Crippen molar-refractivity contribution in [3.05, 3.63) is 0 Å². The normalized spacial score (nSPS) is 28.8. The monoisotopic (exact) mass is 267 g/mol. The molecule has 0 aromatic heterocycles. The third-order valence-corrected chi connectivity index (χ3v) is 4.70. The molecule has 2 rings (SSSR count). The predicted molar refractivity (Wildman–Crippen MR) is 78.2 cm³/mol. The molecule has 0 bridgehead atoms. The molecule has 1 N–H and O–H groups in total. The average Bonchev–Trinajstić information content (AvgIpc) is 2.86. The van der Waals surface area contributed by atoms with Crippen molar-refractivity contribution in [2.75, 3.05) is 33.2 Å². The highest BCUT2D eigenvalue weighted by Crippen LogP contribution is 2.21. The van der Waals surface area contributed by atoms with E-state index in [9.17, 15) is 4.79 Å². The van der Waals surface area contributed by atoms with Crippen LogP contribution < -0.4 is 5.32 Å². The number of nitrogens with one attached hydrogen (secondary N) is 1. The molecule has 2 atom stereocenters. The number of hydrogen-bond donors (Lipinski definition) is 1. The number of piperidine rings is 1. The first kappa shape index (κ1) is 14.8. The van der Waals surface area contributed by atoms with Crippen LogP contribution in [0.2, 0.25) is 0 Å². The molecule has 2 heterocycles. The lowest BCUT2D eigenvalue weighted by atomic mass is 10.00. The Bertz CT molecular complexity index is 295. The molecule has 0 aromatic rings. The van der Waals surface area contributed by atoms with Crippen molar-refractivity contribution in [2.24, 2.45) is 0 Å². The summed E-state index contributed by atoms with van der Waals surface area (Å²) in [6, 6.07) is 1.05. The van der Waals surface area contributed by atoms with Crippen LogP contribution >= 0.6 is 0 Å². The van der Waals surface area contributed by atoms with Crippen molar-refractivity contribution >= 4 is 5.91 Å². The van der Waals surface area contributed by atoms with Gasteiger partial charge in [-0.25, -0.2) is 0 Å². The summed E-state index contributed by atoms with van der Waals surface area (Å²) in [7, 11) is 2.00. The molecule has 2 aliphatic heterocycles. The van der Waals surface area contributed by atoms with Gasteiger partial charge in [-0.2, -0.15) is 0 Å². The van der Waals surface area contributed by atoms with Gasteiger partial charge >= 0.3 is 0 Å². The molecule has 4 heteroatoms. The summed E-state index contributed by atoms with van der Waals surface area (Å²) in [4.78, 5) is 17.1. The van der Waals surface area contributed by atoms with E-state index in [2.05, 4.69) is 22.0 Å². The van der Waals surface area contributed by atoms with Crippen LogP contribution in [0, 0.1) is 0 Å². The van der Waals surface area contributed by atoms with Crippen LogP contribution in [0.1, 0.15) is 45.4 Å². The van der Waals surface area contributed by atoms with E-state index in [0.29, 0.717) is 24.5 Å². The summed E-state index contributed by atoms with van der Waals surface area (Å²) in [6.07, 6.45) is 7.23. The largest absolute Gasteiger partial charge is 0.339 e. The third kappa shape index (κ3) is 3.69. The fraction of sp³-hybridized carbons (Fsp3) is 0.933. The molecule has 0 aromatic carbocycles. The van der Waals surface area contributed by atoms with Crippen molar-refractivity contribution < 1.29 is 4.79 Å². The Labute approximate surface area is 117 Å². The van der Waals surface area contributed by atoms with Crippen LogP contribution in [0.5, 0.6) is 0 Å². The predicted octanol–water partition coefficient (Wildman–Crippen LogP) is 1.46. The Balaban J connectivity index is 1.88. The Kier molecular flexibility index (Phi) is 5.64. The Morgan fingerprint density at radius 3 is 2.68 bits per heavy atom. The summed E-state index contributed by atoms with van der Waals surface area (Å²) in [5.41, 5.74) is 0. The minimum Gasteiger partial charge on any atom is -0.339 e. The van der Waals surface area contributed by atoms with E-state index in [1.807, 2.05) is 7.05 Å². The molecule has 2 saturated heterocycles. The number of nitrogens with zero attached hydrogens (tertiary/aromatic N) is 2. The molecule has 2 fully saturated rings. The SMILES string of the molecule is CCC1CCCCN1C(=O)CN1CCCC1CNC. The molecule has 0 aliphatic carbocycles. The second kappa shape index (κ2) is 7.25. The first-order valence-corrected chi connectivity index (χ1v) is 7.94. The molecule has 0 spiro atoms. The highest BCUT2D eigenvalue weighted by molar-refractivity contribution is 5.78. The summed E-state index contributed by atoms with van der Waals surface area (Å²) < 4.78 is 0. The molecule has 110 valence electrons. The number of carbonyl (C=O) groups excluding carboxylic acids is 1. The van der Waals surface area contributed by atoms with Gasteiger partial charge in [0.05, 0.1) is 6.54 Å². The molecular formula is C15H29N3O. The second-order valence-corrected chi connectivity index (χ2v) is 5.97. The lowest BCUT2D eigenvalue weighted by molar-refractivity contribution is -0.136. The molecule has 0 radical (unpaired) electrons. The zero-order valence-electron chi connectivity index (χ0n) is 12.5. The maximum Gasteiger partial charge on any atom is 0.237 e. The van der Waals surface area contributed by atoms with Gasteiger partial charge in [-0.3, -0.25) is 9.69 Å². The van der Waals surface area contributed by atoms with Gasteiger partial charge in [-0.1, -0.05) is 6.92 Å². The lowest BCUT2D eigenvalue weighted by Gasteiger charge is -2.37. The summed E-state index contributed by atoms with van der Waals surface area (Å²) in [5.74, 6) is 0.356. The van der Waals surface area contributed by atoms with Crippen molar-refractivity contribution in [1.29, 1.82) is 0 Å². The minimum atomic E-state index is 0.356. The maximum atomic E-state index is 12.5. The van der Waals surface area contributed by atoms with Gasteiger partial charge in [-0.15, -0.1) is 0 Å².